The van der Waals surface area contributed by atoms with E-state index in [2.05, 4.69) is 17.3 Å². The summed E-state index contributed by atoms with van der Waals surface area (Å²) in [7, 11) is 5.21. The van der Waals surface area contributed by atoms with Crippen LogP contribution >= 0.6 is 0 Å². The molecule has 1 saturated heterocycles. The van der Waals surface area contributed by atoms with Crippen molar-refractivity contribution in [3.63, 3.8) is 0 Å². The second-order valence-electron chi connectivity index (χ2n) is 7.54. The smallest absolute Gasteiger partial charge is 0.255 e. The van der Waals surface area contributed by atoms with Gasteiger partial charge in [0.05, 0.1) is 19.8 Å². The minimum atomic E-state index is -0.222. The van der Waals surface area contributed by atoms with Gasteiger partial charge in [0.1, 0.15) is 12.4 Å². The molecule has 7 heteroatoms. The van der Waals surface area contributed by atoms with Crippen LogP contribution in [0.4, 0.5) is 0 Å². The van der Waals surface area contributed by atoms with E-state index in [-0.39, 0.29) is 5.91 Å². The zero-order valence-corrected chi connectivity index (χ0v) is 18.6. The van der Waals surface area contributed by atoms with E-state index in [1.54, 1.807) is 25.3 Å². The molecule has 1 amide bonds. The molecule has 1 aliphatic heterocycles. The summed E-state index contributed by atoms with van der Waals surface area (Å²) in [6.45, 7) is 3.54. The van der Waals surface area contributed by atoms with E-state index in [0.29, 0.717) is 36.3 Å². The Hall–Kier alpha value is -2.77. The average Bonchev–Trinajstić information content (AvgIpc) is 2.82. The van der Waals surface area contributed by atoms with Crippen LogP contribution in [0.3, 0.4) is 0 Å². The van der Waals surface area contributed by atoms with E-state index in [0.717, 1.165) is 43.9 Å². The maximum Gasteiger partial charge on any atom is 0.255 e. The number of nitrogens with zero attached hydrogens (tertiary/aromatic N) is 1. The van der Waals surface area contributed by atoms with Crippen LogP contribution in [0.2, 0.25) is 0 Å². The maximum absolute atomic E-state index is 12.7. The van der Waals surface area contributed by atoms with Crippen molar-refractivity contribution in [3.8, 4) is 17.2 Å². The predicted octanol–water partition coefficient (Wildman–Crippen LogP) is 3.12. The van der Waals surface area contributed by atoms with Crippen molar-refractivity contribution in [2.75, 3.05) is 47.6 Å². The van der Waals surface area contributed by atoms with Crippen molar-refractivity contribution in [2.45, 2.75) is 25.4 Å². The summed E-state index contributed by atoms with van der Waals surface area (Å²) in [4.78, 5) is 15.0. The van der Waals surface area contributed by atoms with Crippen molar-refractivity contribution in [3.05, 3.63) is 53.6 Å². The minimum absolute atomic E-state index is 0.222. The molecule has 0 atom stereocenters. The average molecular weight is 429 g/mol. The first-order chi connectivity index (χ1) is 15.1. The lowest BCUT2D eigenvalue weighted by Crippen LogP contribution is -2.38. The molecule has 1 N–H and O–H groups in total. The first-order valence-corrected chi connectivity index (χ1v) is 10.6. The first-order valence-electron chi connectivity index (χ1n) is 10.6. The van der Waals surface area contributed by atoms with Crippen molar-refractivity contribution in [2.24, 2.45) is 0 Å². The number of para-hydroxylation sites is 1. The molecule has 168 valence electrons. The van der Waals surface area contributed by atoms with Gasteiger partial charge in [0.2, 0.25) is 0 Å². The van der Waals surface area contributed by atoms with Crippen LogP contribution < -0.4 is 19.5 Å². The molecule has 3 rings (SSSR count). The van der Waals surface area contributed by atoms with Crippen molar-refractivity contribution < 1.29 is 23.7 Å². The highest BCUT2D eigenvalue weighted by atomic mass is 16.5. The number of rotatable bonds is 10. The number of amides is 1. The standard InChI is InChI=1S/C24H32N2O5/c1-26(19-10-13-30-14-11-19)12-15-31-20-7-4-6-18(16-20)17-25-24(27)21-8-5-9-22(28-2)23(21)29-3/h4-9,16,19H,10-15,17H2,1-3H3,(H,25,27). The molecule has 2 aromatic carbocycles. The van der Waals surface area contributed by atoms with Gasteiger partial charge in [0.15, 0.2) is 11.5 Å². The van der Waals surface area contributed by atoms with Gasteiger partial charge in [0.25, 0.3) is 5.91 Å². The first kappa shape index (κ1) is 22.9. The number of nitrogens with one attached hydrogen (secondary N) is 1. The molecule has 31 heavy (non-hydrogen) atoms. The summed E-state index contributed by atoms with van der Waals surface area (Å²) in [5.74, 6) is 1.52. The van der Waals surface area contributed by atoms with Crippen LogP contribution in [0.25, 0.3) is 0 Å². The lowest BCUT2D eigenvalue weighted by Gasteiger charge is -2.31. The van der Waals surface area contributed by atoms with Gasteiger partial charge in [-0.15, -0.1) is 0 Å². The molecule has 7 nitrogen and oxygen atoms in total. The lowest BCUT2D eigenvalue weighted by atomic mass is 10.1. The van der Waals surface area contributed by atoms with E-state index >= 15 is 0 Å². The summed E-state index contributed by atoms with van der Waals surface area (Å²) in [6, 6.07) is 13.6. The lowest BCUT2D eigenvalue weighted by molar-refractivity contribution is 0.0392. The van der Waals surface area contributed by atoms with Crippen molar-refractivity contribution in [1.82, 2.24) is 10.2 Å². The number of ether oxygens (including phenoxy) is 4. The largest absolute Gasteiger partial charge is 0.493 e. The Kier molecular flexibility index (Phi) is 8.55. The molecule has 0 radical (unpaired) electrons. The van der Waals surface area contributed by atoms with Gasteiger partial charge in [-0.1, -0.05) is 18.2 Å². The van der Waals surface area contributed by atoms with Gasteiger partial charge in [-0.05, 0) is 49.7 Å². The Morgan fingerprint density at radius 1 is 1.13 bits per heavy atom. The van der Waals surface area contributed by atoms with Crippen LogP contribution in [-0.2, 0) is 11.3 Å². The topological polar surface area (TPSA) is 69.3 Å². The Morgan fingerprint density at radius 3 is 2.65 bits per heavy atom. The van der Waals surface area contributed by atoms with Gasteiger partial charge in [0, 0.05) is 32.3 Å². The second-order valence-corrected chi connectivity index (χ2v) is 7.54. The fraction of sp³-hybridized carbons (Fsp3) is 0.458. The third kappa shape index (κ3) is 6.35. The highest BCUT2D eigenvalue weighted by Gasteiger charge is 2.18. The Bertz CT molecular complexity index is 852. The third-order valence-corrected chi connectivity index (χ3v) is 5.53. The molecule has 1 aliphatic rings. The fourth-order valence-corrected chi connectivity index (χ4v) is 3.70. The fourth-order valence-electron chi connectivity index (χ4n) is 3.70. The van der Waals surface area contributed by atoms with Gasteiger partial charge < -0.3 is 24.3 Å². The Labute approximate surface area is 184 Å². The number of carbonyl (C=O) groups is 1. The predicted molar refractivity (Wildman–Crippen MR) is 119 cm³/mol. The van der Waals surface area contributed by atoms with E-state index in [9.17, 15) is 4.79 Å². The van der Waals surface area contributed by atoms with Crippen LogP contribution in [0, 0.1) is 0 Å². The molecule has 0 bridgehead atoms. The summed E-state index contributed by atoms with van der Waals surface area (Å²) < 4.78 is 22.0. The van der Waals surface area contributed by atoms with Crippen LogP contribution in [0.1, 0.15) is 28.8 Å². The van der Waals surface area contributed by atoms with E-state index < -0.39 is 0 Å². The molecule has 0 aromatic heterocycles. The molecular formula is C24H32N2O5. The summed E-state index contributed by atoms with van der Waals surface area (Å²) in [5.41, 5.74) is 1.40. The molecular weight excluding hydrogens is 396 g/mol. The molecule has 1 heterocycles. The summed E-state index contributed by atoms with van der Waals surface area (Å²) in [5, 5.41) is 2.94. The van der Waals surface area contributed by atoms with Crippen LogP contribution in [-0.4, -0.2) is 64.5 Å². The molecule has 0 spiro atoms. The number of likely N-dealkylation sites (N-methyl/N-ethyl adjacent to an activating group) is 1. The van der Waals surface area contributed by atoms with Gasteiger partial charge >= 0.3 is 0 Å². The molecule has 1 fully saturated rings. The third-order valence-electron chi connectivity index (χ3n) is 5.53. The number of benzene rings is 2. The van der Waals surface area contributed by atoms with Gasteiger partial charge in [-0.3, -0.25) is 9.69 Å². The molecule has 0 aliphatic carbocycles. The molecule has 2 aromatic rings. The molecule has 0 saturated carbocycles. The molecule has 0 unspecified atom stereocenters. The van der Waals surface area contributed by atoms with E-state index in [1.807, 2.05) is 24.3 Å². The normalized spacial score (nSPS) is 14.3. The summed E-state index contributed by atoms with van der Waals surface area (Å²) in [6.07, 6.45) is 2.15. The van der Waals surface area contributed by atoms with Crippen LogP contribution in [0.15, 0.2) is 42.5 Å². The zero-order valence-electron chi connectivity index (χ0n) is 18.6. The monoisotopic (exact) mass is 428 g/mol. The highest BCUT2D eigenvalue weighted by Crippen LogP contribution is 2.30. The number of hydrogen-bond donors (Lipinski definition) is 1. The van der Waals surface area contributed by atoms with Crippen molar-refractivity contribution in [1.29, 1.82) is 0 Å². The van der Waals surface area contributed by atoms with E-state index in [4.69, 9.17) is 18.9 Å². The number of hydrogen-bond acceptors (Lipinski definition) is 6. The van der Waals surface area contributed by atoms with Crippen molar-refractivity contribution >= 4 is 5.91 Å². The number of methoxy groups -OCH3 is 2. The number of carbonyl (C=O) groups excluding carboxylic acids is 1. The second kappa shape index (κ2) is 11.6. The zero-order chi connectivity index (χ0) is 22.1. The summed E-state index contributed by atoms with van der Waals surface area (Å²) >= 11 is 0. The minimum Gasteiger partial charge on any atom is -0.493 e. The van der Waals surface area contributed by atoms with Gasteiger partial charge in [-0.25, -0.2) is 0 Å². The highest BCUT2D eigenvalue weighted by molar-refractivity contribution is 5.97. The maximum atomic E-state index is 12.7. The Balaban J connectivity index is 1.51. The SMILES string of the molecule is COc1cccc(C(=O)NCc2cccc(OCCN(C)C3CCOCC3)c2)c1OC. The van der Waals surface area contributed by atoms with Crippen LogP contribution in [0.5, 0.6) is 17.2 Å². The quantitative estimate of drug-likeness (QED) is 0.627. The van der Waals surface area contributed by atoms with Gasteiger partial charge in [-0.2, -0.15) is 0 Å². The van der Waals surface area contributed by atoms with E-state index in [1.165, 1.54) is 7.11 Å². The Morgan fingerprint density at radius 2 is 1.90 bits per heavy atom.